The third kappa shape index (κ3) is 6.39. The predicted molar refractivity (Wildman–Crippen MR) is 116 cm³/mol. The van der Waals surface area contributed by atoms with Crippen LogP contribution < -0.4 is 4.74 Å². The molecule has 0 aliphatic rings. The summed E-state index contributed by atoms with van der Waals surface area (Å²) in [6, 6.07) is 11.4. The van der Waals surface area contributed by atoms with Gasteiger partial charge < -0.3 is 18.6 Å². The lowest BCUT2D eigenvalue weighted by molar-refractivity contribution is -0.156. The second kappa shape index (κ2) is 11.3. The number of pyridine rings is 1. The van der Waals surface area contributed by atoms with Crippen molar-refractivity contribution < 1.29 is 23.4 Å². The second-order valence-corrected chi connectivity index (χ2v) is 6.91. The molecule has 31 heavy (non-hydrogen) atoms. The molecule has 0 bridgehead atoms. The van der Waals surface area contributed by atoms with Crippen LogP contribution >= 0.6 is 0 Å². The number of rotatable bonds is 11. The molecule has 1 atom stereocenters. The van der Waals surface area contributed by atoms with Crippen molar-refractivity contribution in [1.29, 1.82) is 0 Å². The van der Waals surface area contributed by atoms with Crippen LogP contribution in [0.1, 0.15) is 30.9 Å². The van der Waals surface area contributed by atoms with Gasteiger partial charge in [-0.05, 0) is 50.6 Å². The van der Waals surface area contributed by atoms with Crippen LogP contribution in [0.5, 0.6) is 5.75 Å². The zero-order chi connectivity index (χ0) is 22.1. The van der Waals surface area contributed by atoms with Gasteiger partial charge in [0.25, 0.3) is 0 Å². The first-order valence-corrected chi connectivity index (χ1v) is 10.5. The summed E-state index contributed by atoms with van der Waals surface area (Å²) < 4.78 is 22.2. The van der Waals surface area contributed by atoms with Crippen LogP contribution in [0.25, 0.3) is 11.5 Å². The lowest BCUT2D eigenvalue weighted by atomic mass is 10.1. The minimum atomic E-state index is -0.596. The Kier molecular flexibility index (Phi) is 8.18. The Hall–Kier alpha value is -3.19. The maximum absolute atomic E-state index is 12.0. The molecule has 0 saturated carbocycles. The SMILES string of the molecule is CCOC(=O)[C@@H](Cc1ccc(OCCc2nc(-c3cccnc3)oc2C)cc1)OCC. The first-order chi connectivity index (χ1) is 15.1. The van der Waals surface area contributed by atoms with Crippen LogP contribution in [0.15, 0.2) is 53.2 Å². The largest absolute Gasteiger partial charge is 0.493 e. The number of oxazole rings is 1. The van der Waals surface area contributed by atoms with Crippen molar-refractivity contribution in [3.05, 3.63) is 65.8 Å². The lowest BCUT2D eigenvalue weighted by Crippen LogP contribution is -2.28. The van der Waals surface area contributed by atoms with Crippen molar-refractivity contribution in [3.63, 3.8) is 0 Å². The first kappa shape index (κ1) is 22.5. The number of carbonyl (C=O) groups is 1. The van der Waals surface area contributed by atoms with Crippen molar-refractivity contribution in [2.24, 2.45) is 0 Å². The van der Waals surface area contributed by atoms with Crippen LogP contribution in [0.2, 0.25) is 0 Å². The van der Waals surface area contributed by atoms with Gasteiger partial charge in [-0.15, -0.1) is 0 Å². The Morgan fingerprint density at radius 2 is 1.94 bits per heavy atom. The molecule has 0 amide bonds. The number of hydrogen-bond donors (Lipinski definition) is 0. The summed E-state index contributed by atoms with van der Waals surface area (Å²) in [5, 5.41) is 0. The minimum absolute atomic E-state index is 0.335. The van der Waals surface area contributed by atoms with Crippen LogP contribution in [0.4, 0.5) is 0 Å². The third-order valence-corrected chi connectivity index (χ3v) is 4.67. The maximum atomic E-state index is 12.0. The highest BCUT2D eigenvalue weighted by Crippen LogP contribution is 2.21. The summed E-state index contributed by atoms with van der Waals surface area (Å²) >= 11 is 0. The molecule has 0 unspecified atom stereocenters. The highest BCUT2D eigenvalue weighted by atomic mass is 16.6. The van der Waals surface area contributed by atoms with Crippen LogP contribution in [0, 0.1) is 6.92 Å². The second-order valence-electron chi connectivity index (χ2n) is 6.91. The highest BCUT2D eigenvalue weighted by molar-refractivity contribution is 5.75. The van der Waals surface area contributed by atoms with E-state index in [-0.39, 0.29) is 5.97 Å². The molecule has 7 heteroatoms. The van der Waals surface area contributed by atoms with Gasteiger partial charge in [0.1, 0.15) is 11.5 Å². The molecule has 0 N–H and O–H groups in total. The Morgan fingerprint density at radius 1 is 1.13 bits per heavy atom. The van der Waals surface area contributed by atoms with Gasteiger partial charge in [-0.2, -0.15) is 0 Å². The van der Waals surface area contributed by atoms with Gasteiger partial charge >= 0.3 is 5.97 Å². The van der Waals surface area contributed by atoms with Gasteiger partial charge in [-0.3, -0.25) is 4.98 Å². The van der Waals surface area contributed by atoms with E-state index in [1.165, 1.54) is 0 Å². The molecular weight excluding hydrogens is 396 g/mol. The Morgan fingerprint density at radius 3 is 2.61 bits per heavy atom. The number of nitrogens with zero attached hydrogens (tertiary/aromatic N) is 2. The summed E-state index contributed by atoms with van der Waals surface area (Å²) in [7, 11) is 0. The Labute approximate surface area is 182 Å². The maximum Gasteiger partial charge on any atom is 0.335 e. The number of aryl methyl sites for hydroxylation is 1. The third-order valence-electron chi connectivity index (χ3n) is 4.67. The average molecular weight is 424 g/mol. The smallest absolute Gasteiger partial charge is 0.335 e. The summed E-state index contributed by atoms with van der Waals surface area (Å²) in [5.41, 5.74) is 2.69. The monoisotopic (exact) mass is 424 g/mol. The van der Waals surface area contributed by atoms with Gasteiger partial charge in [-0.1, -0.05) is 12.1 Å². The van der Waals surface area contributed by atoms with Crippen molar-refractivity contribution in [3.8, 4) is 17.2 Å². The van der Waals surface area contributed by atoms with Gasteiger partial charge in [-0.25, -0.2) is 9.78 Å². The zero-order valence-corrected chi connectivity index (χ0v) is 18.2. The fourth-order valence-corrected chi connectivity index (χ4v) is 3.12. The summed E-state index contributed by atoms with van der Waals surface area (Å²) in [5.74, 6) is 1.76. The quantitative estimate of drug-likeness (QED) is 0.427. The summed E-state index contributed by atoms with van der Waals surface area (Å²) in [6.45, 7) is 6.81. The number of benzene rings is 1. The standard InChI is InChI=1S/C24H28N2O5/c1-4-28-22(24(27)29-5-2)15-18-8-10-20(11-9-18)30-14-12-21-17(3)31-23(26-21)19-7-6-13-25-16-19/h6-11,13,16,22H,4-5,12,14-15H2,1-3H3/t22-/m1/s1. The molecule has 164 valence electrons. The summed E-state index contributed by atoms with van der Waals surface area (Å²) in [6.07, 6.45) is 3.94. The fraction of sp³-hybridized carbons (Fsp3) is 0.375. The fourth-order valence-electron chi connectivity index (χ4n) is 3.12. The Balaban J connectivity index is 1.53. The van der Waals surface area contributed by atoms with Gasteiger partial charge in [0, 0.05) is 31.8 Å². The zero-order valence-electron chi connectivity index (χ0n) is 18.2. The lowest BCUT2D eigenvalue weighted by Gasteiger charge is -2.15. The molecule has 0 aliphatic heterocycles. The average Bonchev–Trinajstić information content (AvgIpc) is 3.16. The van der Waals surface area contributed by atoms with E-state index in [2.05, 4.69) is 9.97 Å². The van der Waals surface area contributed by atoms with Gasteiger partial charge in [0.05, 0.1) is 24.5 Å². The van der Waals surface area contributed by atoms with E-state index in [0.717, 1.165) is 28.3 Å². The first-order valence-electron chi connectivity index (χ1n) is 10.5. The molecular formula is C24H28N2O5. The van der Waals surface area contributed by atoms with E-state index in [1.54, 1.807) is 19.3 Å². The molecule has 3 rings (SSSR count). The van der Waals surface area contributed by atoms with Gasteiger partial charge in [0.2, 0.25) is 5.89 Å². The Bertz CT molecular complexity index is 954. The number of hydrogen-bond acceptors (Lipinski definition) is 7. The van der Waals surface area contributed by atoms with E-state index in [0.29, 0.717) is 38.6 Å². The summed E-state index contributed by atoms with van der Waals surface area (Å²) in [4.78, 5) is 20.7. The molecule has 0 radical (unpaired) electrons. The molecule has 1 aromatic carbocycles. The van der Waals surface area contributed by atoms with E-state index >= 15 is 0 Å². The topological polar surface area (TPSA) is 83.7 Å². The number of carbonyl (C=O) groups excluding carboxylic acids is 1. The molecule has 0 spiro atoms. The normalized spacial score (nSPS) is 11.8. The van der Waals surface area contributed by atoms with Crippen LogP contribution in [-0.2, 0) is 27.1 Å². The molecule has 0 saturated heterocycles. The van der Waals surface area contributed by atoms with E-state index in [4.69, 9.17) is 18.6 Å². The van der Waals surface area contributed by atoms with Crippen molar-refractivity contribution >= 4 is 5.97 Å². The van der Waals surface area contributed by atoms with E-state index in [9.17, 15) is 4.79 Å². The van der Waals surface area contributed by atoms with Crippen LogP contribution in [0.3, 0.4) is 0 Å². The molecule has 0 aliphatic carbocycles. The van der Waals surface area contributed by atoms with Crippen molar-refractivity contribution in [2.45, 2.75) is 39.7 Å². The molecule has 7 nitrogen and oxygen atoms in total. The van der Waals surface area contributed by atoms with E-state index < -0.39 is 6.10 Å². The number of aromatic nitrogens is 2. The molecule has 3 aromatic rings. The van der Waals surface area contributed by atoms with Gasteiger partial charge in [0.15, 0.2) is 6.10 Å². The predicted octanol–water partition coefficient (Wildman–Crippen LogP) is 4.18. The minimum Gasteiger partial charge on any atom is -0.493 e. The highest BCUT2D eigenvalue weighted by Gasteiger charge is 2.20. The van der Waals surface area contributed by atoms with Crippen LogP contribution in [-0.4, -0.2) is 41.9 Å². The number of esters is 1. The van der Waals surface area contributed by atoms with Crippen molar-refractivity contribution in [2.75, 3.05) is 19.8 Å². The molecule has 0 fully saturated rings. The number of ether oxygens (including phenoxy) is 3. The molecule has 2 heterocycles. The van der Waals surface area contributed by atoms with Crippen molar-refractivity contribution in [1.82, 2.24) is 9.97 Å². The molecule has 2 aromatic heterocycles. The van der Waals surface area contributed by atoms with E-state index in [1.807, 2.05) is 50.2 Å².